The third-order valence-corrected chi connectivity index (χ3v) is 3.94. The lowest BCUT2D eigenvalue weighted by molar-refractivity contribution is 0.625. The predicted octanol–water partition coefficient (Wildman–Crippen LogP) is 4.13. The second kappa shape index (κ2) is 5.22. The van der Waals surface area contributed by atoms with Crippen LogP contribution in [0, 0.1) is 5.82 Å². The van der Waals surface area contributed by atoms with Gasteiger partial charge in [0.15, 0.2) is 0 Å². The van der Waals surface area contributed by atoms with Crippen molar-refractivity contribution in [1.29, 1.82) is 0 Å². The molecule has 0 saturated carbocycles. The van der Waals surface area contributed by atoms with Gasteiger partial charge in [0.25, 0.3) is 0 Å². The summed E-state index contributed by atoms with van der Waals surface area (Å²) in [6, 6.07) is 13.4. The third-order valence-electron chi connectivity index (χ3n) is 3.66. The summed E-state index contributed by atoms with van der Waals surface area (Å²) in [5.74, 6) is 0.113. The van der Waals surface area contributed by atoms with Crippen molar-refractivity contribution in [2.24, 2.45) is 0 Å². The Hall–Kier alpha value is -1.54. The second-order valence-corrected chi connectivity index (χ2v) is 5.11. The first-order valence-electron chi connectivity index (χ1n) is 6.44. The highest BCUT2D eigenvalue weighted by atomic mass is 35.5. The molecule has 0 aromatic heterocycles. The molecule has 2 aromatic rings. The first-order chi connectivity index (χ1) is 9.28. The summed E-state index contributed by atoms with van der Waals surface area (Å²) < 4.78 is 13.3. The fraction of sp³-hybridized carbons (Fsp3) is 0.250. The average molecular weight is 276 g/mol. The van der Waals surface area contributed by atoms with E-state index in [1.54, 1.807) is 0 Å². The molecule has 0 bridgehead atoms. The largest absolute Gasteiger partial charge is 0.367 e. The number of alkyl halides is 1. The molecular weight excluding hydrogens is 261 g/mol. The molecule has 0 amide bonds. The molecule has 0 N–H and O–H groups in total. The zero-order valence-corrected chi connectivity index (χ0v) is 11.3. The summed E-state index contributed by atoms with van der Waals surface area (Å²) in [6.07, 6.45) is 1.02. The minimum absolute atomic E-state index is 0.225. The van der Waals surface area contributed by atoms with Crippen LogP contribution in [-0.4, -0.2) is 6.54 Å². The Kier molecular flexibility index (Phi) is 3.43. The SMILES string of the molecule is Fc1ccc(N2CCc3ccccc3C2)c(CCl)c1. The van der Waals surface area contributed by atoms with E-state index in [1.807, 2.05) is 6.07 Å². The quantitative estimate of drug-likeness (QED) is 0.745. The van der Waals surface area contributed by atoms with Crippen LogP contribution in [0.2, 0.25) is 0 Å². The van der Waals surface area contributed by atoms with Crippen molar-refractivity contribution < 1.29 is 4.39 Å². The van der Waals surface area contributed by atoms with Crippen LogP contribution in [0.1, 0.15) is 16.7 Å². The maximum Gasteiger partial charge on any atom is 0.123 e. The molecule has 2 aromatic carbocycles. The van der Waals surface area contributed by atoms with Gasteiger partial charge >= 0.3 is 0 Å². The highest BCUT2D eigenvalue weighted by molar-refractivity contribution is 6.17. The fourth-order valence-electron chi connectivity index (χ4n) is 2.67. The van der Waals surface area contributed by atoms with Gasteiger partial charge in [-0.1, -0.05) is 24.3 Å². The number of rotatable bonds is 2. The molecule has 0 radical (unpaired) electrons. The average Bonchev–Trinajstić information content (AvgIpc) is 2.46. The van der Waals surface area contributed by atoms with Crippen molar-refractivity contribution in [3.63, 3.8) is 0 Å². The Morgan fingerprint density at radius 1 is 1.11 bits per heavy atom. The van der Waals surface area contributed by atoms with E-state index in [2.05, 4.69) is 29.2 Å². The Balaban J connectivity index is 1.93. The van der Waals surface area contributed by atoms with E-state index in [4.69, 9.17) is 11.6 Å². The lowest BCUT2D eigenvalue weighted by Crippen LogP contribution is -2.31. The minimum atomic E-state index is -0.225. The standard InChI is InChI=1S/C16H15ClFN/c17-10-14-9-15(18)5-6-16(14)19-8-7-12-3-1-2-4-13(12)11-19/h1-6,9H,7-8,10-11H2. The maximum absolute atomic E-state index is 13.3. The monoisotopic (exact) mass is 275 g/mol. The van der Waals surface area contributed by atoms with Crippen LogP contribution in [0.5, 0.6) is 0 Å². The molecule has 0 unspecified atom stereocenters. The van der Waals surface area contributed by atoms with E-state index in [9.17, 15) is 4.39 Å². The van der Waals surface area contributed by atoms with Crippen LogP contribution < -0.4 is 4.90 Å². The van der Waals surface area contributed by atoms with Crippen LogP contribution in [0.4, 0.5) is 10.1 Å². The molecule has 1 heterocycles. The summed E-state index contributed by atoms with van der Waals surface area (Å²) in [7, 11) is 0. The highest BCUT2D eigenvalue weighted by Gasteiger charge is 2.18. The molecule has 0 saturated heterocycles. The Labute approximate surface area is 117 Å². The van der Waals surface area contributed by atoms with Crippen LogP contribution in [0.3, 0.4) is 0 Å². The number of halogens is 2. The van der Waals surface area contributed by atoms with E-state index in [1.165, 1.54) is 23.3 Å². The summed E-state index contributed by atoms with van der Waals surface area (Å²) >= 11 is 5.93. The zero-order chi connectivity index (χ0) is 13.2. The van der Waals surface area contributed by atoms with Gasteiger partial charge in [0.2, 0.25) is 0 Å². The molecule has 0 fully saturated rings. The van der Waals surface area contributed by atoms with Crippen molar-refractivity contribution >= 4 is 17.3 Å². The van der Waals surface area contributed by atoms with Gasteiger partial charge in [0.1, 0.15) is 5.82 Å². The molecule has 3 rings (SSSR count). The van der Waals surface area contributed by atoms with Gasteiger partial charge in [0, 0.05) is 24.7 Å². The molecule has 3 heteroatoms. The molecule has 1 nitrogen and oxygen atoms in total. The van der Waals surface area contributed by atoms with Crippen molar-refractivity contribution in [3.05, 3.63) is 65.0 Å². The molecule has 0 atom stereocenters. The Morgan fingerprint density at radius 3 is 2.68 bits per heavy atom. The highest BCUT2D eigenvalue weighted by Crippen LogP contribution is 2.28. The lowest BCUT2D eigenvalue weighted by Gasteiger charge is -2.32. The normalized spacial score (nSPS) is 14.3. The van der Waals surface area contributed by atoms with Gasteiger partial charge < -0.3 is 4.90 Å². The molecule has 19 heavy (non-hydrogen) atoms. The molecule has 98 valence electrons. The fourth-order valence-corrected chi connectivity index (χ4v) is 2.89. The lowest BCUT2D eigenvalue weighted by atomic mass is 9.99. The predicted molar refractivity (Wildman–Crippen MR) is 77.2 cm³/mol. The number of anilines is 1. The van der Waals surface area contributed by atoms with E-state index >= 15 is 0 Å². The van der Waals surface area contributed by atoms with Crippen molar-refractivity contribution in [2.75, 3.05) is 11.4 Å². The molecule has 0 spiro atoms. The van der Waals surface area contributed by atoms with Crippen LogP contribution >= 0.6 is 11.6 Å². The second-order valence-electron chi connectivity index (χ2n) is 4.85. The Bertz CT molecular complexity index is 597. The minimum Gasteiger partial charge on any atom is -0.367 e. The van der Waals surface area contributed by atoms with Crippen LogP contribution in [-0.2, 0) is 18.8 Å². The van der Waals surface area contributed by atoms with Gasteiger partial charge in [-0.05, 0) is 41.3 Å². The summed E-state index contributed by atoms with van der Waals surface area (Å²) in [6.45, 7) is 1.82. The van der Waals surface area contributed by atoms with E-state index < -0.39 is 0 Å². The summed E-state index contributed by atoms with van der Waals surface area (Å²) in [5.41, 5.74) is 4.67. The topological polar surface area (TPSA) is 3.24 Å². The zero-order valence-electron chi connectivity index (χ0n) is 10.6. The van der Waals surface area contributed by atoms with Crippen LogP contribution in [0.25, 0.3) is 0 Å². The van der Waals surface area contributed by atoms with E-state index in [0.717, 1.165) is 30.8 Å². The number of fused-ring (bicyclic) bond motifs is 1. The van der Waals surface area contributed by atoms with Crippen molar-refractivity contribution in [3.8, 4) is 0 Å². The van der Waals surface area contributed by atoms with Gasteiger partial charge in [-0.15, -0.1) is 11.6 Å². The van der Waals surface area contributed by atoms with E-state index in [0.29, 0.717) is 5.88 Å². The summed E-state index contributed by atoms with van der Waals surface area (Å²) in [5, 5.41) is 0. The molecule has 0 aliphatic carbocycles. The first kappa shape index (κ1) is 12.5. The van der Waals surface area contributed by atoms with Crippen molar-refractivity contribution in [2.45, 2.75) is 18.8 Å². The molecule has 1 aliphatic rings. The molecule has 1 aliphatic heterocycles. The smallest absolute Gasteiger partial charge is 0.123 e. The van der Waals surface area contributed by atoms with Crippen LogP contribution in [0.15, 0.2) is 42.5 Å². The number of hydrogen-bond acceptors (Lipinski definition) is 1. The number of hydrogen-bond donors (Lipinski definition) is 0. The third kappa shape index (κ3) is 2.45. The van der Waals surface area contributed by atoms with Crippen molar-refractivity contribution in [1.82, 2.24) is 0 Å². The van der Waals surface area contributed by atoms with Gasteiger partial charge in [-0.2, -0.15) is 0 Å². The number of nitrogens with zero attached hydrogens (tertiary/aromatic N) is 1. The van der Waals surface area contributed by atoms with Gasteiger partial charge in [0.05, 0.1) is 0 Å². The summed E-state index contributed by atoms with van der Waals surface area (Å²) in [4.78, 5) is 2.28. The number of benzene rings is 2. The van der Waals surface area contributed by atoms with E-state index in [-0.39, 0.29) is 5.82 Å². The molecular formula is C16H15ClFN. The van der Waals surface area contributed by atoms with Gasteiger partial charge in [-0.3, -0.25) is 0 Å². The Morgan fingerprint density at radius 2 is 1.89 bits per heavy atom. The maximum atomic E-state index is 13.3. The van der Waals surface area contributed by atoms with Gasteiger partial charge in [-0.25, -0.2) is 4.39 Å². The first-order valence-corrected chi connectivity index (χ1v) is 6.97.